The second-order valence-electron chi connectivity index (χ2n) is 5.84. The first kappa shape index (κ1) is 15.1. The summed E-state index contributed by atoms with van der Waals surface area (Å²) in [6.07, 6.45) is 2.25. The Morgan fingerprint density at radius 1 is 1.00 bits per heavy atom. The Labute approximate surface area is 144 Å². The number of aromatic nitrogens is 4. The third kappa shape index (κ3) is 3.28. The fraction of sp³-hybridized carbons (Fsp3) is 0.105. The summed E-state index contributed by atoms with van der Waals surface area (Å²) < 4.78 is 0. The molecule has 1 atom stereocenters. The van der Waals surface area contributed by atoms with Gasteiger partial charge in [0.1, 0.15) is 5.39 Å². The van der Waals surface area contributed by atoms with Gasteiger partial charge in [-0.05, 0) is 17.5 Å². The third-order valence-electron chi connectivity index (χ3n) is 4.11. The van der Waals surface area contributed by atoms with Crippen molar-refractivity contribution in [1.82, 2.24) is 20.2 Å². The Balaban J connectivity index is 1.68. The second-order valence-corrected chi connectivity index (χ2v) is 5.84. The lowest BCUT2D eigenvalue weighted by Gasteiger charge is -2.19. The van der Waals surface area contributed by atoms with E-state index in [1.807, 2.05) is 36.4 Å². The number of H-pyrrole nitrogens is 2. The van der Waals surface area contributed by atoms with E-state index in [1.165, 1.54) is 11.8 Å². The van der Waals surface area contributed by atoms with Gasteiger partial charge in [0.15, 0.2) is 5.65 Å². The fourth-order valence-corrected chi connectivity index (χ4v) is 2.87. The summed E-state index contributed by atoms with van der Waals surface area (Å²) in [7, 11) is 0. The summed E-state index contributed by atoms with van der Waals surface area (Å²) in [5.41, 5.74) is 2.58. The molecule has 0 saturated heterocycles. The van der Waals surface area contributed by atoms with Crippen molar-refractivity contribution >= 4 is 17.0 Å². The molecular weight excluding hydrogens is 314 g/mol. The number of fused-ring (bicyclic) bond motifs is 1. The number of hydrogen-bond acceptors (Lipinski definition) is 4. The summed E-state index contributed by atoms with van der Waals surface area (Å²) in [5, 5.41) is 10.4. The van der Waals surface area contributed by atoms with Gasteiger partial charge in [-0.2, -0.15) is 10.1 Å². The number of aromatic amines is 2. The lowest BCUT2D eigenvalue weighted by Crippen LogP contribution is -2.18. The topological polar surface area (TPSA) is 86.5 Å². The number of hydrogen-bond donors (Lipinski definition) is 3. The normalized spacial score (nSPS) is 12.2. The van der Waals surface area contributed by atoms with E-state index in [2.05, 4.69) is 49.7 Å². The zero-order valence-corrected chi connectivity index (χ0v) is 13.4. The molecule has 0 saturated carbocycles. The standard InChI is InChI=1S/C19H17N5O/c25-18-15-12-20-24-17(15)22-19(23-18)21-16(14-9-5-2-6-10-14)11-13-7-3-1-4-8-13/h1-10,12,16H,11H2,(H3,20,21,22,23,24,25)/t16-/m0/s1. The zero-order valence-electron chi connectivity index (χ0n) is 13.4. The molecule has 0 amide bonds. The Bertz CT molecular complexity index is 1020. The first-order valence-corrected chi connectivity index (χ1v) is 8.08. The van der Waals surface area contributed by atoms with Crippen LogP contribution in [0.5, 0.6) is 0 Å². The molecule has 124 valence electrons. The Kier molecular flexibility index (Phi) is 4.00. The van der Waals surface area contributed by atoms with Gasteiger partial charge in [0.25, 0.3) is 5.56 Å². The fourth-order valence-electron chi connectivity index (χ4n) is 2.87. The van der Waals surface area contributed by atoms with Crippen LogP contribution in [0.4, 0.5) is 5.95 Å². The highest BCUT2D eigenvalue weighted by molar-refractivity contribution is 5.73. The molecule has 4 rings (SSSR count). The lowest BCUT2D eigenvalue weighted by atomic mass is 9.99. The summed E-state index contributed by atoms with van der Waals surface area (Å²) in [4.78, 5) is 19.3. The van der Waals surface area contributed by atoms with E-state index in [0.29, 0.717) is 17.0 Å². The highest BCUT2D eigenvalue weighted by atomic mass is 16.1. The van der Waals surface area contributed by atoms with Crippen molar-refractivity contribution in [2.45, 2.75) is 12.5 Å². The van der Waals surface area contributed by atoms with E-state index in [9.17, 15) is 4.79 Å². The molecule has 2 aromatic heterocycles. The van der Waals surface area contributed by atoms with Crippen molar-refractivity contribution < 1.29 is 0 Å². The molecule has 0 radical (unpaired) electrons. The van der Waals surface area contributed by atoms with E-state index in [0.717, 1.165) is 12.0 Å². The van der Waals surface area contributed by atoms with Crippen molar-refractivity contribution in [3.63, 3.8) is 0 Å². The van der Waals surface area contributed by atoms with Crippen LogP contribution in [0.15, 0.2) is 71.7 Å². The van der Waals surface area contributed by atoms with Crippen LogP contribution in [-0.2, 0) is 6.42 Å². The molecule has 0 aliphatic heterocycles. The number of anilines is 1. The van der Waals surface area contributed by atoms with Crippen molar-refractivity contribution in [3.05, 3.63) is 88.3 Å². The highest BCUT2D eigenvalue weighted by Crippen LogP contribution is 2.22. The molecule has 0 aliphatic carbocycles. The van der Waals surface area contributed by atoms with Crippen molar-refractivity contribution in [2.24, 2.45) is 0 Å². The second kappa shape index (κ2) is 6.60. The maximum Gasteiger partial charge on any atom is 0.263 e. The molecule has 6 nitrogen and oxygen atoms in total. The van der Waals surface area contributed by atoms with E-state index >= 15 is 0 Å². The van der Waals surface area contributed by atoms with E-state index in [1.54, 1.807) is 0 Å². The van der Waals surface area contributed by atoms with Crippen LogP contribution in [0.1, 0.15) is 17.2 Å². The molecule has 0 fully saturated rings. The quantitative estimate of drug-likeness (QED) is 0.524. The predicted molar refractivity (Wildman–Crippen MR) is 97.5 cm³/mol. The SMILES string of the molecule is O=c1[nH]c(N[C@@H](Cc2ccccc2)c2ccccc2)nc2[nH]ncc12. The van der Waals surface area contributed by atoms with Crippen molar-refractivity contribution in [3.8, 4) is 0 Å². The van der Waals surface area contributed by atoms with Gasteiger partial charge < -0.3 is 5.32 Å². The Hall–Kier alpha value is -3.41. The van der Waals surface area contributed by atoms with Gasteiger partial charge in [-0.1, -0.05) is 60.7 Å². The monoisotopic (exact) mass is 331 g/mol. The minimum atomic E-state index is -0.215. The Morgan fingerprint density at radius 3 is 2.48 bits per heavy atom. The first-order valence-electron chi connectivity index (χ1n) is 8.08. The highest BCUT2D eigenvalue weighted by Gasteiger charge is 2.14. The smallest absolute Gasteiger partial charge is 0.263 e. The first-order chi connectivity index (χ1) is 12.3. The van der Waals surface area contributed by atoms with Crippen LogP contribution in [0.25, 0.3) is 11.0 Å². The lowest BCUT2D eigenvalue weighted by molar-refractivity contribution is 0.763. The average molecular weight is 331 g/mol. The van der Waals surface area contributed by atoms with Gasteiger partial charge in [0.05, 0.1) is 12.2 Å². The van der Waals surface area contributed by atoms with Gasteiger partial charge in [-0.25, -0.2) is 0 Å². The number of nitrogens with one attached hydrogen (secondary N) is 3. The van der Waals surface area contributed by atoms with Crippen LogP contribution in [0, 0.1) is 0 Å². The van der Waals surface area contributed by atoms with Crippen molar-refractivity contribution in [1.29, 1.82) is 0 Å². The van der Waals surface area contributed by atoms with Gasteiger partial charge in [0.2, 0.25) is 5.95 Å². The van der Waals surface area contributed by atoms with E-state index in [4.69, 9.17) is 0 Å². The van der Waals surface area contributed by atoms with Crippen LogP contribution in [0.3, 0.4) is 0 Å². The molecule has 0 spiro atoms. The number of benzene rings is 2. The van der Waals surface area contributed by atoms with Crippen molar-refractivity contribution in [2.75, 3.05) is 5.32 Å². The van der Waals surface area contributed by atoms with Crippen LogP contribution in [0.2, 0.25) is 0 Å². The average Bonchev–Trinajstić information content (AvgIpc) is 3.12. The van der Waals surface area contributed by atoms with Crippen LogP contribution < -0.4 is 10.9 Å². The van der Waals surface area contributed by atoms with Gasteiger partial charge >= 0.3 is 0 Å². The molecule has 25 heavy (non-hydrogen) atoms. The molecule has 0 bridgehead atoms. The molecule has 4 aromatic rings. The summed E-state index contributed by atoms with van der Waals surface area (Å²) in [6.45, 7) is 0. The molecule has 0 aliphatic rings. The largest absolute Gasteiger partial charge is 0.349 e. The zero-order chi connectivity index (χ0) is 17.1. The molecule has 6 heteroatoms. The van der Waals surface area contributed by atoms with E-state index in [-0.39, 0.29) is 11.6 Å². The third-order valence-corrected chi connectivity index (χ3v) is 4.11. The molecule has 2 heterocycles. The molecule has 0 unspecified atom stereocenters. The van der Waals surface area contributed by atoms with Crippen LogP contribution in [-0.4, -0.2) is 20.2 Å². The predicted octanol–water partition coefficient (Wildman–Crippen LogP) is 3.04. The molecule has 2 aromatic carbocycles. The summed E-state index contributed by atoms with van der Waals surface area (Å²) in [5.74, 6) is 0.423. The minimum Gasteiger partial charge on any atom is -0.349 e. The minimum absolute atomic E-state index is 0.0212. The van der Waals surface area contributed by atoms with E-state index < -0.39 is 0 Å². The molecule has 3 N–H and O–H groups in total. The Morgan fingerprint density at radius 2 is 1.72 bits per heavy atom. The molecular formula is C19H17N5O. The number of nitrogens with zero attached hydrogens (tertiary/aromatic N) is 2. The maximum atomic E-state index is 12.1. The van der Waals surface area contributed by atoms with Gasteiger partial charge in [0, 0.05) is 0 Å². The maximum absolute atomic E-state index is 12.1. The van der Waals surface area contributed by atoms with Crippen LogP contribution >= 0.6 is 0 Å². The van der Waals surface area contributed by atoms with Gasteiger partial charge in [-0.15, -0.1) is 0 Å². The number of rotatable bonds is 5. The summed E-state index contributed by atoms with van der Waals surface area (Å²) >= 11 is 0. The van der Waals surface area contributed by atoms with Gasteiger partial charge in [-0.3, -0.25) is 14.9 Å². The summed E-state index contributed by atoms with van der Waals surface area (Å²) in [6, 6.07) is 20.3.